The fourth-order valence-corrected chi connectivity index (χ4v) is 11.9. The van der Waals surface area contributed by atoms with E-state index in [4.69, 9.17) is 0 Å². The highest BCUT2D eigenvalue weighted by Crippen LogP contribution is 2.77. The lowest BCUT2D eigenvalue weighted by atomic mass is 9.33. The number of carbonyl (C=O) groups is 1. The fourth-order valence-electron chi connectivity index (χ4n) is 11.9. The molecule has 1 aromatic carbocycles. The number of hydrogen-bond donors (Lipinski definition) is 2. The van der Waals surface area contributed by atoms with Gasteiger partial charge in [-0.2, -0.15) is 0 Å². The standard InChI is InChI=1S/C34H47FO3/c1-30(2)23(21-8-9-22(29(37)38)26(35)19-21)12-15-31(3)27(30)13-16-33(5)28(31)11-10-24-25-7-6-14-34(25,20-36)18-17-32(24,33)4/h8-9,12,19,24-25,27-28,36H,6-7,10-11,13-18,20H2,1-5H3,(H,37,38)/t24-,25-,27+,28-,31+,32-,33-,34-/m1/s1. The molecule has 3 nitrogen and oxygen atoms in total. The number of allylic oxidation sites excluding steroid dienone is 2. The molecule has 4 heteroatoms. The zero-order chi connectivity index (χ0) is 27.3. The van der Waals surface area contributed by atoms with Gasteiger partial charge >= 0.3 is 5.97 Å². The molecular weight excluding hydrogens is 475 g/mol. The Labute approximate surface area is 228 Å². The number of carboxylic acids is 1. The van der Waals surface area contributed by atoms with Gasteiger partial charge in [-0.15, -0.1) is 0 Å². The van der Waals surface area contributed by atoms with Crippen LogP contribution in [0.15, 0.2) is 24.3 Å². The van der Waals surface area contributed by atoms with E-state index >= 15 is 0 Å². The lowest BCUT2D eigenvalue weighted by Crippen LogP contribution is -2.65. The summed E-state index contributed by atoms with van der Waals surface area (Å²) in [6, 6.07) is 4.67. The largest absolute Gasteiger partial charge is 0.478 e. The van der Waals surface area contributed by atoms with E-state index in [-0.39, 0.29) is 21.8 Å². The molecule has 0 heterocycles. The molecule has 0 aliphatic heterocycles. The van der Waals surface area contributed by atoms with Gasteiger partial charge in [-0.05, 0) is 132 Å². The van der Waals surface area contributed by atoms with Crippen LogP contribution in [0.4, 0.5) is 4.39 Å². The molecule has 8 atom stereocenters. The Balaban J connectivity index is 1.36. The number of rotatable bonds is 3. The third-order valence-corrected chi connectivity index (χ3v) is 13.9. The molecule has 0 aromatic heterocycles. The van der Waals surface area contributed by atoms with E-state index in [2.05, 4.69) is 40.7 Å². The molecule has 1 aromatic rings. The van der Waals surface area contributed by atoms with E-state index in [0.717, 1.165) is 17.9 Å². The lowest BCUT2D eigenvalue weighted by Gasteiger charge is -2.72. The van der Waals surface area contributed by atoms with Crippen LogP contribution in [-0.2, 0) is 0 Å². The summed E-state index contributed by atoms with van der Waals surface area (Å²) in [5, 5.41) is 19.8. The van der Waals surface area contributed by atoms with Crippen LogP contribution >= 0.6 is 0 Å². The average molecular weight is 523 g/mol. The van der Waals surface area contributed by atoms with Gasteiger partial charge in [-0.3, -0.25) is 0 Å². The second-order valence-electron chi connectivity index (χ2n) is 15.2. The van der Waals surface area contributed by atoms with Crippen LogP contribution in [0.1, 0.15) is 115 Å². The van der Waals surface area contributed by atoms with Gasteiger partial charge in [-0.1, -0.05) is 53.2 Å². The van der Waals surface area contributed by atoms with Crippen molar-refractivity contribution in [2.24, 2.45) is 50.7 Å². The van der Waals surface area contributed by atoms with E-state index in [1.807, 2.05) is 0 Å². The molecule has 208 valence electrons. The first-order valence-electron chi connectivity index (χ1n) is 15.2. The molecule has 0 spiro atoms. The second kappa shape index (κ2) is 8.41. The Morgan fingerprint density at radius 3 is 2.37 bits per heavy atom. The Morgan fingerprint density at radius 2 is 1.68 bits per heavy atom. The van der Waals surface area contributed by atoms with Crippen molar-refractivity contribution in [1.29, 1.82) is 0 Å². The third-order valence-electron chi connectivity index (χ3n) is 13.9. The van der Waals surface area contributed by atoms with Crippen molar-refractivity contribution in [2.45, 2.75) is 98.8 Å². The number of carboxylic acid groups (broad SMARTS) is 1. The van der Waals surface area contributed by atoms with Gasteiger partial charge in [0.15, 0.2) is 0 Å². The van der Waals surface area contributed by atoms with Crippen molar-refractivity contribution >= 4 is 11.5 Å². The quantitative estimate of drug-likeness (QED) is 0.419. The molecule has 2 N–H and O–H groups in total. The molecule has 0 amide bonds. The number of fused-ring (bicyclic) bond motifs is 7. The maximum atomic E-state index is 14.7. The van der Waals surface area contributed by atoms with Crippen molar-refractivity contribution in [3.8, 4) is 0 Å². The van der Waals surface area contributed by atoms with Gasteiger partial charge in [0.1, 0.15) is 5.82 Å². The fraction of sp³-hybridized carbons (Fsp3) is 0.735. The summed E-state index contributed by atoms with van der Waals surface area (Å²) in [6.45, 7) is 12.9. The highest BCUT2D eigenvalue weighted by atomic mass is 19.1. The topological polar surface area (TPSA) is 57.5 Å². The average Bonchev–Trinajstić information content (AvgIpc) is 3.28. The van der Waals surface area contributed by atoms with Crippen LogP contribution in [0.5, 0.6) is 0 Å². The highest BCUT2D eigenvalue weighted by molar-refractivity contribution is 5.88. The van der Waals surface area contributed by atoms with Gasteiger partial charge in [0.05, 0.1) is 5.56 Å². The van der Waals surface area contributed by atoms with E-state index in [1.165, 1.54) is 75.5 Å². The monoisotopic (exact) mass is 522 g/mol. The van der Waals surface area contributed by atoms with Crippen molar-refractivity contribution in [1.82, 2.24) is 0 Å². The van der Waals surface area contributed by atoms with Gasteiger partial charge in [0.25, 0.3) is 0 Å². The third kappa shape index (κ3) is 3.25. The number of aliphatic hydroxyl groups is 1. The summed E-state index contributed by atoms with van der Waals surface area (Å²) in [5.74, 6) is 0.706. The molecule has 0 bridgehead atoms. The van der Waals surface area contributed by atoms with Gasteiger partial charge in [-0.25, -0.2) is 9.18 Å². The van der Waals surface area contributed by atoms with Crippen molar-refractivity contribution in [3.63, 3.8) is 0 Å². The zero-order valence-corrected chi connectivity index (χ0v) is 24.1. The summed E-state index contributed by atoms with van der Waals surface area (Å²) in [5.41, 5.74) is 2.62. The molecule has 0 saturated heterocycles. The number of aromatic carboxylic acids is 1. The van der Waals surface area contributed by atoms with Crippen LogP contribution in [0.3, 0.4) is 0 Å². The molecule has 5 aliphatic rings. The molecule has 6 rings (SSSR count). The molecule has 0 unspecified atom stereocenters. The smallest absolute Gasteiger partial charge is 0.338 e. The Morgan fingerprint density at radius 1 is 0.921 bits per heavy atom. The summed E-state index contributed by atoms with van der Waals surface area (Å²) >= 11 is 0. The Bertz CT molecular complexity index is 1190. The number of aliphatic hydroxyl groups excluding tert-OH is 1. The minimum absolute atomic E-state index is 0.118. The molecule has 0 radical (unpaired) electrons. The Hall–Kier alpha value is -1.68. The summed E-state index contributed by atoms with van der Waals surface area (Å²) in [4.78, 5) is 11.4. The number of halogens is 1. The second-order valence-corrected chi connectivity index (χ2v) is 15.2. The Kier molecular flexibility index (Phi) is 5.88. The van der Waals surface area contributed by atoms with Crippen LogP contribution in [-0.4, -0.2) is 22.8 Å². The van der Waals surface area contributed by atoms with Crippen LogP contribution in [0, 0.1) is 56.6 Å². The molecular formula is C34H47FO3. The highest BCUT2D eigenvalue weighted by Gasteiger charge is 2.69. The van der Waals surface area contributed by atoms with Crippen LogP contribution in [0.25, 0.3) is 5.57 Å². The first-order valence-corrected chi connectivity index (χ1v) is 15.2. The van der Waals surface area contributed by atoms with Crippen LogP contribution in [0.2, 0.25) is 0 Å². The number of hydrogen-bond acceptors (Lipinski definition) is 2. The SMILES string of the molecule is CC1(C)C(c2ccc(C(=O)O)c(F)c2)=CC[C@]2(C)[C@H]3CC[C@@H]4[C@H]5CCC[C@]5(CO)CC[C@@]4(C)[C@]3(C)CC[C@@H]12. The summed E-state index contributed by atoms with van der Waals surface area (Å²) in [7, 11) is 0. The predicted octanol–water partition coefficient (Wildman–Crippen LogP) is 8.36. The summed E-state index contributed by atoms with van der Waals surface area (Å²) < 4.78 is 14.7. The van der Waals surface area contributed by atoms with Crippen molar-refractivity contribution in [2.75, 3.05) is 6.61 Å². The predicted molar refractivity (Wildman–Crippen MR) is 149 cm³/mol. The van der Waals surface area contributed by atoms with E-state index < -0.39 is 11.8 Å². The zero-order valence-electron chi connectivity index (χ0n) is 24.1. The van der Waals surface area contributed by atoms with Gasteiger partial charge in [0.2, 0.25) is 0 Å². The molecule has 4 fully saturated rings. The van der Waals surface area contributed by atoms with E-state index in [0.29, 0.717) is 35.2 Å². The van der Waals surface area contributed by atoms with Crippen LogP contribution < -0.4 is 0 Å². The molecule has 4 saturated carbocycles. The summed E-state index contributed by atoms with van der Waals surface area (Å²) in [6.07, 6.45) is 14.6. The number of benzene rings is 1. The van der Waals surface area contributed by atoms with E-state index in [9.17, 15) is 19.4 Å². The lowest BCUT2D eigenvalue weighted by molar-refractivity contribution is -0.225. The molecule has 5 aliphatic carbocycles. The first kappa shape index (κ1) is 26.5. The van der Waals surface area contributed by atoms with Crippen molar-refractivity contribution < 1.29 is 19.4 Å². The van der Waals surface area contributed by atoms with Crippen molar-refractivity contribution in [3.05, 3.63) is 41.2 Å². The first-order chi connectivity index (χ1) is 17.8. The maximum absolute atomic E-state index is 14.7. The normalized spacial score (nSPS) is 45.3. The minimum atomic E-state index is -1.22. The van der Waals surface area contributed by atoms with Gasteiger partial charge in [0, 0.05) is 6.61 Å². The minimum Gasteiger partial charge on any atom is -0.478 e. The van der Waals surface area contributed by atoms with Gasteiger partial charge < -0.3 is 10.2 Å². The molecule has 38 heavy (non-hydrogen) atoms. The maximum Gasteiger partial charge on any atom is 0.338 e. The van der Waals surface area contributed by atoms with E-state index in [1.54, 1.807) is 6.07 Å².